The fourth-order valence-electron chi connectivity index (χ4n) is 7.16. The summed E-state index contributed by atoms with van der Waals surface area (Å²) in [6.45, 7) is 7.03. The van der Waals surface area contributed by atoms with E-state index in [0.717, 1.165) is 32.1 Å². The highest BCUT2D eigenvalue weighted by Gasteiger charge is 2.61. The first kappa shape index (κ1) is 16.1. The van der Waals surface area contributed by atoms with Crippen LogP contribution in [-0.2, 0) is 4.79 Å². The Kier molecular flexibility index (Phi) is 3.57. The van der Waals surface area contributed by atoms with Gasteiger partial charge in [0.25, 0.3) is 0 Å². The number of allylic oxidation sites excluding steroid dienone is 1. The largest absolute Gasteiger partial charge is 0.393 e. The molecule has 0 bridgehead atoms. The van der Waals surface area contributed by atoms with Gasteiger partial charge in [0.2, 0.25) is 0 Å². The van der Waals surface area contributed by atoms with E-state index in [9.17, 15) is 9.90 Å². The van der Waals surface area contributed by atoms with Crippen molar-refractivity contribution < 1.29 is 9.90 Å². The molecule has 7 atom stereocenters. The Labute approximate surface area is 144 Å². The lowest BCUT2D eigenvalue weighted by atomic mass is 9.46. The van der Waals surface area contributed by atoms with Crippen molar-refractivity contribution in [3.05, 3.63) is 10.6 Å². The minimum absolute atomic E-state index is 0.104. The highest BCUT2D eigenvalue weighted by atomic mass is 35.5. The van der Waals surface area contributed by atoms with Gasteiger partial charge in [-0.3, -0.25) is 4.79 Å². The third kappa shape index (κ3) is 2.00. The molecule has 4 aliphatic carbocycles. The van der Waals surface area contributed by atoms with Gasteiger partial charge in [0, 0.05) is 6.42 Å². The van der Waals surface area contributed by atoms with E-state index >= 15 is 0 Å². The Bertz CT molecular complexity index is 582. The summed E-state index contributed by atoms with van der Waals surface area (Å²) in [6.07, 6.45) is 6.85. The molecule has 3 fully saturated rings. The van der Waals surface area contributed by atoms with Gasteiger partial charge in [0.05, 0.1) is 11.1 Å². The van der Waals surface area contributed by atoms with Gasteiger partial charge in [-0.15, -0.1) is 0 Å². The zero-order chi connectivity index (χ0) is 16.6. The molecule has 1 unspecified atom stereocenters. The highest BCUT2D eigenvalue weighted by molar-refractivity contribution is 6.43. The van der Waals surface area contributed by atoms with Gasteiger partial charge in [0.15, 0.2) is 5.78 Å². The summed E-state index contributed by atoms with van der Waals surface area (Å²) < 4.78 is 0. The average Bonchev–Trinajstić information content (AvgIpc) is 2.73. The molecule has 0 radical (unpaired) electrons. The van der Waals surface area contributed by atoms with Gasteiger partial charge in [0.1, 0.15) is 0 Å². The molecule has 23 heavy (non-hydrogen) atoms. The minimum Gasteiger partial charge on any atom is -0.393 e. The number of hydrogen-bond acceptors (Lipinski definition) is 2. The SMILES string of the molecule is CC1C[C@H](O)[C@@]2(C)CC[C@H]3[C@@H](CCC4=C(Cl)C(=O)CC[C@@]43C)[C@H]12. The van der Waals surface area contributed by atoms with Gasteiger partial charge in [-0.05, 0) is 78.6 Å². The van der Waals surface area contributed by atoms with Gasteiger partial charge in [-0.2, -0.15) is 0 Å². The molecular formula is C20H29ClO2. The molecule has 128 valence electrons. The third-order valence-corrected chi connectivity index (χ3v) is 8.76. The number of halogens is 1. The molecule has 0 aromatic carbocycles. The van der Waals surface area contributed by atoms with Crippen LogP contribution in [0.3, 0.4) is 0 Å². The summed E-state index contributed by atoms with van der Waals surface area (Å²) >= 11 is 6.44. The Balaban J connectivity index is 1.74. The Hall–Kier alpha value is -0.340. The van der Waals surface area contributed by atoms with Crippen LogP contribution >= 0.6 is 11.6 Å². The Morgan fingerprint density at radius 2 is 1.91 bits per heavy atom. The molecule has 3 heteroatoms. The Morgan fingerprint density at radius 3 is 2.65 bits per heavy atom. The van der Waals surface area contributed by atoms with Crippen molar-refractivity contribution in [2.45, 2.75) is 71.8 Å². The van der Waals surface area contributed by atoms with Crippen LogP contribution in [0.2, 0.25) is 0 Å². The van der Waals surface area contributed by atoms with Crippen LogP contribution < -0.4 is 0 Å². The topological polar surface area (TPSA) is 37.3 Å². The average molecular weight is 337 g/mol. The van der Waals surface area contributed by atoms with Crippen molar-refractivity contribution in [1.29, 1.82) is 0 Å². The van der Waals surface area contributed by atoms with Crippen molar-refractivity contribution in [3.63, 3.8) is 0 Å². The highest BCUT2D eigenvalue weighted by Crippen LogP contribution is 2.67. The molecule has 0 saturated heterocycles. The maximum Gasteiger partial charge on any atom is 0.174 e. The molecule has 4 aliphatic rings. The lowest BCUT2D eigenvalue weighted by molar-refractivity contribution is -0.118. The van der Waals surface area contributed by atoms with E-state index in [1.807, 2.05) is 0 Å². The summed E-state index contributed by atoms with van der Waals surface area (Å²) in [5, 5.41) is 11.2. The zero-order valence-electron chi connectivity index (χ0n) is 14.6. The normalized spacial score (nSPS) is 52.9. The maximum absolute atomic E-state index is 12.1. The molecule has 2 nitrogen and oxygen atoms in total. The molecule has 3 saturated carbocycles. The standard InChI is InChI=1S/C20H29ClO2/c1-11-10-16(23)20(3)8-6-13-12(17(11)20)4-5-14-18(21)15(22)7-9-19(13,14)2/h11-13,16-17,23H,4-10H2,1-3H3/t11?,12-,13+,16+,17+,19-,20-/m1/s1. The zero-order valence-corrected chi connectivity index (χ0v) is 15.3. The molecule has 0 aromatic rings. The summed E-state index contributed by atoms with van der Waals surface area (Å²) in [4.78, 5) is 12.1. The number of carbonyl (C=O) groups excluding carboxylic acids is 1. The second-order valence-electron chi connectivity index (χ2n) is 9.24. The van der Waals surface area contributed by atoms with E-state index in [0.29, 0.717) is 35.1 Å². The molecule has 1 N–H and O–H groups in total. The van der Waals surface area contributed by atoms with Gasteiger partial charge < -0.3 is 5.11 Å². The molecule has 4 rings (SSSR count). The van der Waals surface area contributed by atoms with Crippen molar-refractivity contribution >= 4 is 17.4 Å². The van der Waals surface area contributed by atoms with Gasteiger partial charge in [-0.25, -0.2) is 0 Å². The summed E-state index contributed by atoms with van der Waals surface area (Å²) in [6, 6.07) is 0. The van der Waals surface area contributed by atoms with E-state index < -0.39 is 0 Å². The number of fused-ring (bicyclic) bond motifs is 5. The Morgan fingerprint density at radius 1 is 1.17 bits per heavy atom. The second kappa shape index (κ2) is 5.08. The first-order valence-corrected chi connectivity index (χ1v) is 9.77. The first-order chi connectivity index (χ1) is 10.8. The lowest BCUT2D eigenvalue weighted by Gasteiger charge is -2.58. The number of aliphatic hydroxyl groups excluding tert-OH is 1. The molecule has 0 amide bonds. The fourth-order valence-corrected chi connectivity index (χ4v) is 7.56. The maximum atomic E-state index is 12.1. The monoisotopic (exact) mass is 336 g/mol. The summed E-state index contributed by atoms with van der Waals surface area (Å²) in [5.74, 6) is 2.72. The van der Waals surface area contributed by atoms with Crippen LogP contribution in [0, 0.1) is 34.5 Å². The van der Waals surface area contributed by atoms with Crippen molar-refractivity contribution in [3.8, 4) is 0 Å². The van der Waals surface area contributed by atoms with E-state index in [-0.39, 0.29) is 22.7 Å². The van der Waals surface area contributed by atoms with Crippen LogP contribution in [0.15, 0.2) is 10.6 Å². The van der Waals surface area contributed by atoms with E-state index in [2.05, 4.69) is 20.8 Å². The van der Waals surface area contributed by atoms with Crippen LogP contribution in [0.4, 0.5) is 0 Å². The van der Waals surface area contributed by atoms with Crippen LogP contribution in [-0.4, -0.2) is 17.0 Å². The van der Waals surface area contributed by atoms with Gasteiger partial charge >= 0.3 is 0 Å². The number of Topliss-reactive ketones (excluding diaryl/α,β-unsaturated/α-hetero) is 1. The lowest BCUT2D eigenvalue weighted by Crippen LogP contribution is -2.52. The third-order valence-electron chi connectivity index (χ3n) is 8.32. The van der Waals surface area contributed by atoms with Crippen molar-refractivity contribution in [2.75, 3.05) is 0 Å². The summed E-state index contributed by atoms with van der Waals surface area (Å²) in [5.41, 5.74) is 1.47. The van der Waals surface area contributed by atoms with Crippen LogP contribution in [0.5, 0.6) is 0 Å². The van der Waals surface area contributed by atoms with E-state index in [1.165, 1.54) is 12.0 Å². The molecule has 0 spiro atoms. The molecule has 0 aliphatic heterocycles. The number of hydrogen-bond donors (Lipinski definition) is 1. The second-order valence-corrected chi connectivity index (χ2v) is 9.62. The fraction of sp³-hybridized carbons (Fsp3) is 0.850. The molecule has 0 heterocycles. The van der Waals surface area contributed by atoms with Crippen molar-refractivity contribution in [2.24, 2.45) is 34.5 Å². The predicted molar refractivity (Wildman–Crippen MR) is 92.1 cm³/mol. The minimum atomic E-state index is -0.135. The van der Waals surface area contributed by atoms with Crippen molar-refractivity contribution in [1.82, 2.24) is 0 Å². The summed E-state index contributed by atoms with van der Waals surface area (Å²) in [7, 11) is 0. The predicted octanol–water partition coefficient (Wildman–Crippen LogP) is 4.69. The van der Waals surface area contributed by atoms with Crippen LogP contribution in [0.25, 0.3) is 0 Å². The van der Waals surface area contributed by atoms with E-state index in [4.69, 9.17) is 11.6 Å². The number of rotatable bonds is 0. The quantitative estimate of drug-likeness (QED) is 0.696. The molecule has 0 aromatic heterocycles. The number of aliphatic hydroxyl groups is 1. The number of carbonyl (C=O) groups is 1. The van der Waals surface area contributed by atoms with Crippen LogP contribution in [0.1, 0.15) is 65.7 Å². The number of ketones is 1. The molecular weight excluding hydrogens is 308 g/mol. The first-order valence-electron chi connectivity index (χ1n) is 9.39. The van der Waals surface area contributed by atoms with Gasteiger partial charge in [-0.1, -0.05) is 32.4 Å². The smallest absolute Gasteiger partial charge is 0.174 e. The van der Waals surface area contributed by atoms with E-state index in [1.54, 1.807) is 0 Å².